The van der Waals surface area contributed by atoms with Crippen molar-refractivity contribution in [3.8, 4) is 11.4 Å². The van der Waals surface area contributed by atoms with Gasteiger partial charge in [0.2, 0.25) is 0 Å². The third-order valence-corrected chi connectivity index (χ3v) is 3.11. The number of para-hydroxylation sites is 2. The molecule has 0 fully saturated rings. The van der Waals surface area contributed by atoms with Crippen LogP contribution in [0.3, 0.4) is 0 Å². The fourth-order valence-electron chi connectivity index (χ4n) is 2.08. The molecule has 1 unspecified atom stereocenters. The molecule has 0 spiro atoms. The van der Waals surface area contributed by atoms with Crippen LogP contribution in [-0.4, -0.2) is 11.7 Å². The molecular weight excluding hydrogens is 240 g/mol. The van der Waals surface area contributed by atoms with Crippen molar-refractivity contribution in [1.82, 2.24) is 4.57 Å². The maximum absolute atomic E-state index is 11.9. The number of ether oxygens (including phenoxy) is 1. The van der Waals surface area contributed by atoms with E-state index < -0.39 is 0 Å². The van der Waals surface area contributed by atoms with Crippen molar-refractivity contribution in [3.63, 3.8) is 0 Å². The van der Waals surface area contributed by atoms with E-state index in [0.717, 1.165) is 17.1 Å². The number of rotatable bonds is 3. The average Bonchev–Trinajstić information content (AvgIpc) is 2.38. The molecule has 1 aromatic heterocycles. The van der Waals surface area contributed by atoms with Gasteiger partial charge in [0.05, 0.1) is 12.8 Å². The number of aryl methyl sites for hydroxylation is 1. The van der Waals surface area contributed by atoms with E-state index in [0.29, 0.717) is 5.56 Å². The Balaban J connectivity index is 2.68. The summed E-state index contributed by atoms with van der Waals surface area (Å²) in [5, 5.41) is 0. The van der Waals surface area contributed by atoms with E-state index in [1.165, 1.54) is 0 Å². The summed E-state index contributed by atoms with van der Waals surface area (Å²) in [4.78, 5) is 11.9. The molecule has 1 aromatic carbocycles. The summed E-state index contributed by atoms with van der Waals surface area (Å²) in [6.45, 7) is 3.69. The van der Waals surface area contributed by atoms with Crippen molar-refractivity contribution < 1.29 is 4.74 Å². The highest BCUT2D eigenvalue weighted by atomic mass is 16.5. The van der Waals surface area contributed by atoms with Crippen LogP contribution in [0.1, 0.15) is 24.2 Å². The van der Waals surface area contributed by atoms with E-state index in [9.17, 15) is 4.79 Å². The molecule has 0 bridgehead atoms. The maximum atomic E-state index is 11.9. The second-order valence-corrected chi connectivity index (χ2v) is 4.56. The van der Waals surface area contributed by atoms with Crippen LogP contribution >= 0.6 is 0 Å². The molecule has 0 radical (unpaired) electrons. The quantitative estimate of drug-likeness (QED) is 0.918. The molecule has 0 amide bonds. The molecule has 0 aliphatic rings. The zero-order chi connectivity index (χ0) is 14.0. The summed E-state index contributed by atoms with van der Waals surface area (Å²) in [6.07, 6.45) is 1.79. The van der Waals surface area contributed by atoms with Gasteiger partial charge in [0.25, 0.3) is 0 Å². The summed E-state index contributed by atoms with van der Waals surface area (Å²) in [5.74, 6) is 0.755. The number of methoxy groups -OCH3 is 1. The zero-order valence-corrected chi connectivity index (χ0v) is 11.4. The highest BCUT2D eigenvalue weighted by molar-refractivity contribution is 5.48. The number of pyridine rings is 1. The number of aromatic nitrogens is 1. The average molecular weight is 258 g/mol. The first-order chi connectivity index (χ1) is 9.04. The van der Waals surface area contributed by atoms with E-state index >= 15 is 0 Å². The van der Waals surface area contributed by atoms with Crippen LogP contribution < -0.4 is 15.9 Å². The molecule has 2 rings (SSSR count). The number of nitrogens with two attached hydrogens (primary N) is 1. The Kier molecular flexibility index (Phi) is 3.71. The van der Waals surface area contributed by atoms with Gasteiger partial charge in [0.1, 0.15) is 5.75 Å². The molecule has 4 heteroatoms. The summed E-state index contributed by atoms with van der Waals surface area (Å²) in [6, 6.07) is 8.98. The minimum absolute atomic E-state index is 0.0290. The van der Waals surface area contributed by atoms with Gasteiger partial charge in [0, 0.05) is 29.6 Å². The molecule has 2 N–H and O–H groups in total. The van der Waals surface area contributed by atoms with Crippen molar-refractivity contribution in [2.45, 2.75) is 19.9 Å². The topological polar surface area (TPSA) is 57.2 Å². The second kappa shape index (κ2) is 5.28. The standard InChI is InChI=1S/C15H18N2O2/c1-10-8-14(18)12(11(2)16)9-17(10)13-6-4-5-7-15(13)19-3/h4-9,11H,16H2,1-3H3. The second-order valence-electron chi connectivity index (χ2n) is 4.56. The highest BCUT2D eigenvalue weighted by Gasteiger charge is 2.11. The van der Waals surface area contributed by atoms with Crippen molar-refractivity contribution in [3.05, 3.63) is 58.0 Å². The van der Waals surface area contributed by atoms with Crippen LogP contribution in [0.5, 0.6) is 5.75 Å². The van der Waals surface area contributed by atoms with Gasteiger partial charge in [-0.25, -0.2) is 0 Å². The predicted octanol–water partition coefficient (Wildman–Crippen LogP) is 2.17. The third kappa shape index (κ3) is 2.53. The van der Waals surface area contributed by atoms with Crippen LogP contribution in [-0.2, 0) is 0 Å². The molecule has 19 heavy (non-hydrogen) atoms. The van der Waals surface area contributed by atoms with Gasteiger partial charge in [-0.05, 0) is 26.0 Å². The Bertz CT molecular complexity index is 645. The Hall–Kier alpha value is -2.07. The molecule has 0 saturated heterocycles. The fraction of sp³-hybridized carbons (Fsp3) is 0.267. The highest BCUT2D eigenvalue weighted by Crippen LogP contribution is 2.23. The summed E-state index contributed by atoms with van der Waals surface area (Å²) >= 11 is 0. The minimum atomic E-state index is -0.297. The number of benzene rings is 1. The monoisotopic (exact) mass is 258 g/mol. The van der Waals surface area contributed by atoms with Crippen LogP contribution in [0.4, 0.5) is 0 Å². The van der Waals surface area contributed by atoms with Gasteiger partial charge < -0.3 is 15.0 Å². The molecule has 100 valence electrons. The van der Waals surface area contributed by atoms with E-state index in [1.54, 1.807) is 26.3 Å². The van der Waals surface area contributed by atoms with Crippen molar-refractivity contribution >= 4 is 0 Å². The Labute approximate surface area is 112 Å². The van der Waals surface area contributed by atoms with Gasteiger partial charge in [-0.15, -0.1) is 0 Å². The number of hydrogen-bond donors (Lipinski definition) is 1. The first-order valence-electron chi connectivity index (χ1n) is 6.16. The van der Waals surface area contributed by atoms with Crippen LogP contribution in [0, 0.1) is 6.92 Å². The summed E-state index contributed by atoms with van der Waals surface area (Å²) in [5.41, 5.74) is 8.14. The van der Waals surface area contributed by atoms with Gasteiger partial charge in [0.15, 0.2) is 5.43 Å². The molecule has 2 aromatic rings. The summed E-state index contributed by atoms with van der Waals surface area (Å²) < 4.78 is 7.28. The lowest BCUT2D eigenvalue weighted by molar-refractivity contribution is 0.412. The van der Waals surface area contributed by atoms with Gasteiger partial charge in [-0.1, -0.05) is 12.1 Å². The molecule has 4 nitrogen and oxygen atoms in total. The van der Waals surface area contributed by atoms with Crippen molar-refractivity contribution in [2.75, 3.05) is 7.11 Å². The van der Waals surface area contributed by atoms with Crippen molar-refractivity contribution in [2.24, 2.45) is 5.73 Å². The van der Waals surface area contributed by atoms with Crippen molar-refractivity contribution in [1.29, 1.82) is 0 Å². The largest absolute Gasteiger partial charge is 0.495 e. The van der Waals surface area contributed by atoms with E-state index in [-0.39, 0.29) is 11.5 Å². The molecular formula is C15H18N2O2. The van der Waals surface area contributed by atoms with Crippen LogP contribution in [0.2, 0.25) is 0 Å². The van der Waals surface area contributed by atoms with Gasteiger partial charge in [-0.2, -0.15) is 0 Å². The molecule has 0 aliphatic carbocycles. The SMILES string of the molecule is COc1ccccc1-n1cc(C(C)N)c(=O)cc1C. The Morgan fingerprint density at radius 2 is 2.00 bits per heavy atom. The smallest absolute Gasteiger partial charge is 0.186 e. The molecule has 0 aliphatic heterocycles. The fourth-order valence-corrected chi connectivity index (χ4v) is 2.08. The lowest BCUT2D eigenvalue weighted by atomic mass is 10.1. The number of nitrogens with zero attached hydrogens (tertiary/aromatic N) is 1. The zero-order valence-electron chi connectivity index (χ0n) is 11.4. The molecule has 1 heterocycles. The number of hydrogen-bond acceptors (Lipinski definition) is 3. The normalized spacial score (nSPS) is 12.2. The maximum Gasteiger partial charge on any atom is 0.186 e. The molecule has 0 saturated carbocycles. The first kappa shape index (κ1) is 13.4. The summed E-state index contributed by atoms with van der Waals surface area (Å²) in [7, 11) is 1.63. The first-order valence-corrected chi connectivity index (χ1v) is 6.16. The Morgan fingerprint density at radius 3 is 2.63 bits per heavy atom. The van der Waals surface area contributed by atoms with Crippen LogP contribution in [0.15, 0.2) is 41.3 Å². The molecule has 1 atom stereocenters. The lowest BCUT2D eigenvalue weighted by Crippen LogP contribution is -2.20. The predicted molar refractivity (Wildman–Crippen MR) is 75.9 cm³/mol. The minimum Gasteiger partial charge on any atom is -0.495 e. The van der Waals surface area contributed by atoms with E-state index in [2.05, 4.69) is 0 Å². The third-order valence-electron chi connectivity index (χ3n) is 3.11. The lowest BCUT2D eigenvalue weighted by Gasteiger charge is -2.16. The Morgan fingerprint density at radius 1 is 1.32 bits per heavy atom. The van der Waals surface area contributed by atoms with E-state index in [4.69, 9.17) is 10.5 Å². The van der Waals surface area contributed by atoms with Gasteiger partial charge in [-0.3, -0.25) is 4.79 Å². The van der Waals surface area contributed by atoms with Crippen LogP contribution in [0.25, 0.3) is 5.69 Å². The van der Waals surface area contributed by atoms with Gasteiger partial charge >= 0.3 is 0 Å². The van der Waals surface area contributed by atoms with E-state index in [1.807, 2.05) is 35.8 Å².